The topological polar surface area (TPSA) is 37.8 Å². The van der Waals surface area contributed by atoms with Gasteiger partial charge >= 0.3 is 0 Å². The first kappa shape index (κ1) is 12.0. The van der Waals surface area contributed by atoms with Crippen molar-refractivity contribution in [1.82, 2.24) is 9.97 Å². The molecule has 2 aromatic heterocycles. The van der Waals surface area contributed by atoms with E-state index in [0.29, 0.717) is 30.3 Å². The largest absolute Gasteiger partial charge is 0.368 e. The van der Waals surface area contributed by atoms with Gasteiger partial charge in [-0.2, -0.15) is 0 Å². The minimum Gasteiger partial charge on any atom is -0.368 e. The van der Waals surface area contributed by atoms with Crippen LogP contribution in [0.15, 0.2) is 17.5 Å². The summed E-state index contributed by atoms with van der Waals surface area (Å²) in [5, 5.41) is 4.92. The Hall–Kier alpha value is -1.49. The van der Waals surface area contributed by atoms with Crippen molar-refractivity contribution in [2.75, 3.05) is 11.9 Å². The van der Waals surface area contributed by atoms with E-state index < -0.39 is 0 Å². The van der Waals surface area contributed by atoms with Gasteiger partial charge < -0.3 is 5.32 Å². The van der Waals surface area contributed by atoms with Crippen molar-refractivity contribution in [2.45, 2.75) is 20.3 Å². The third-order valence-corrected chi connectivity index (χ3v) is 3.20. The highest BCUT2D eigenvalue weighted by molar-refractivity contribution is 7.09. The number of nitrogens with zero attached hydrogens (tertiary/aromatic N) is 2. The zero-order valence-electron chi connectivity index (χ0n) is 9.83. The summed E-state index contributed by atoms with van der Waals surface area (Å²) in [4.78, 5) is 9.56. The minimum atomic E-state index is -0.359. The van der Waals surface area contributed by atoms with Gasteiger partial charge in [0.2, 0.25) is 0 Å². The third-order valence-electron chi connectivity index (χ3n) is 2.32. The number of hydrogen-bond donors (Lipinski definition) is 1. The zero-order valence-corrected chi connectivity index (χ0v) is 10.6. The first-order valence-electron chi connectivity index (χ1n) is 5.50. The third kappa shape index (κ3) is 2.79. The quantitative estimate of drug-likeness (QED) is 0.907. The fraction of sp³-hybridized carbons (Fsp3) is 0.333. The first-order chi connectivity index (χ1) is 8.20. The van der Waals surface area contributed by atoms with Crippen molar-refractivity contribution in [1.29, 1.82) is 0 Å². The first-order valence-corrected chi connectivity index (χ1v) is 6.38. The minimum absolute atomic E-state index is 0.298. The van der Waals surface area contributed by atoms with Crippen LogP contribution in [0.5, 0.6) is 0 Å². The maximum atomic E-state index is 13.7. The molecule has 3 nitrogen and oxygen atoms in total. The lowest BCUT2D eigenvalue weighted by molar-refractivity contribution is 0.601. The van der Waals surface area contributed by atoms with Gasteiger partial charge in [0.25, 0.3) is 0 Å². The Balaban J connectivity index is 2.28. The fourth-order valence-corrected chi connectivity index (χ4v) is 2.25. The molecule has 0 bridgehead atoms. The highest BCUT2D eigenvalue weighted by Crippen LogP contribution is 2.17. The summed E-state index contributed by atoms with van der Waals surface area (Å²) in [6.45, 7) is 4.22. The Labute approximate surface area is 104 Å². The second kappa shape index (κ2) is 5.23. The number of hydrogen-bond acceptors (Lipinski definition) is 4. The van der Waals surface area contributed by atoms with E-state index in [-0.39, 0.29) is 5.82 Å². The number of halogens is 1. The molecular weight excluding hydrogens is 237 g/mol. The molecule has 0 amide bonds. The Morgan fingerprint density at radius 2 is 2.24 bits per heavy atom. The molecule has 0 aliphatic carbocycles. The Kier molecular flexibility index (Phi) is 3.68. The number of thiophene rings is 1. The Bertz CT molecular complexity index is 497. The summed E-state index contributed by atoms with van der Waals surface area (Å²) >= 11 is 1.65. The summed E-state index contributed by atoms with van der Waals surface area (Å²) in [5.41, 5.74) is 0.391. The number of aromatic nitrogens is 2. The van der Waals surface area contributed by atoms with E-state index in [1.807, 2.05) is 24.4 Å². The lowest BCUT2D eigenvalue weighted by atomic mass is 10.3. The van der Waals surface area contributed by atoms with E-state index in [1.54, 1.807) is 18.3 Å². The molecule has 0 fully saturated rings. The van der Waals surface area contributed by atoms with Gasteiger partial charge in [-0.05, 0) is 25.3 Å². The van der Waals surface area contributed by atoms with E-state index in [9.17, 15) is 4.39 Å². The van der Waals surface area contributed by atoms with Gasteiger partial charge in [0.1, 0.15) is 5.82 Å². The van der Waals surface area contributed by atoms with Crippen LogP contribution in [-0.4, -0.2) is 16.5 Å². The maximum absolute atomic E-state index is 13.7. The van der Waals surface area contributed by atoms with Gasteiger partial charge in [0, 0.05) is 17.8 Å². The molecular formula is C12H14FN3S. The van der Waals surface area contributed by atoms with E-state index in [0.717, 1.165) is 0 Å². The molecule has 1 N–H and O–H groups in total. The van der Waals surface area contributed by atoms with Crippen LogP contribution in [0.25, 0.3) is 0 Å². The summed E-state index contributed by atoms with van der Waals surface area (Å²) in [7, 11) is 0. The maximum Gasteiger partial charge on any atom is 0.186 e. The number of rotatable bonds is 4. The average molecular weight is 251 g/mol. The van der Waals surface area contributed by atoms with Crippen LogP contribution in [0.4, 0.5) is 10.2 Å². The fourth-order valence-electron chi connectivity index (χ4n) is 1.55. The van der Waals surface area contributed by atoms with Gasteiger partial charge in [-0.1, -0.05) is 6.07 Å². The molecule has 2 aromatic rings. The molecule has 0 atom stereocenters. The second-order valence-electron chi connectivity index (χ2n) is 3.67. The number of anilines is 1. The van der Waals surface area contributed by atoms with Crippen LogP contribution in [0.1, 0.15) is 23.3 Å². The van der Waals surface area contributed by atoms with Gasteiger partial charge in [-0.15, -0.1) is 11.3 Å². The second-order valence-corrected chi connectivity index (χ2v) is 4.71. The van der Waals surface area contributed by atoms with Crippen molar-refractivity contribution < 1.29 is 4.39 Å². The molecule has 0 aromatic carbocycles. The standard InChI is InChI=1S/C12H14FN3S/c1-3-14-12-11(13)8(2)15-10(16-12)7-9-5-4-6-17-9/h4-6H,3,7H2,1-2H3,(H,14,15,16). The molecule has 0 unspecified atom stereocenters. The van der Waals surface area contributed by atoms with E-state index in [1.165, 1.54) is 4.88 Å². The molecule has 2 rings (SSSR count). The van der Waals surface area contributed by atoms with Crippen LogP contribution in [0, 0.1) is 12.7 Å². The monoisotopic (exact) mass is 251 g/mol. The van der Waals surface area contributed by atoms with Crippen molar-refractivity contribution in [3.63, 3.8) is 0 Å². The lowest BCUT2D eigenvalue weighted by Gasteiger charge is -2.08. The Morgan fingerprint density at radius 1 is 1.41 bits per heavy atom. The number of nitrogens with one attached hydrogen (secondary N) is 1. The molecule has 0 aliphatic rings. The van der Waals surface area contributed by atoms with Gasteiger partial charge in [0.05, 0.1) is 5.69 Å². The van der Waals surface area contributed by atoms with Crippen LogP contribution in [0.3, 0.4) is 0 Å². The van der Waals surface area contributed by atoms with E-state index >= 15 is 0 Å². The molecule has 0 spiro atoms. The van der Waals surface area contributed by atoms with E-state index in [2.05, 4.69) is 15.3 Å². The molecule has 0 saturated carbocycles. The van der Waals surface area contributed by atoms with Crippen LogP contribution >= 0.6 is 11.3 Å². The summed E-state index contributed by atoms with van der Waals surface area (Å²) in [6.07, 6.45) is 0.650. The highest BCUT2D eigenvalue weighted by atomic mass is 32.1. The van der Waals surface area contributed by atoms with Crippen LogP contribution in [0.2, 0.25) is 0 Å². The number of aryl methyl sites for hydroxylation is 1. The molecule has 2 heterocycles. The smallest absolute Gasteiger partial charge is 0.186 e. The molecule has 0 radical (unpaired) electrons. The predicted molar refractivity (Wildman–Crippen MR) is 68.0 cm³/mol. The molecule has 0 aliphatic heterocycles. The average Bonchev–Trinajstić information content (AvgIpc) is 2.78. The van der Waals surface area contributed by atoms with Crippen LogP contribution < -0.4 is 5.32 Å². The van der Waals surface area contributed by atoms with E-state index in [4.69, 9.17) is 0 Å². The van der Waals surface area contributed by atoms with Gasteiger partial charge in [-0.3, -0.25) is 0 Å². The highest BCUT2D eigenvalue weighted by Gasteiger charge is 2.11. The SMILES string of the molecule is CCNc1nc(Cc2cccs2)nc(C)c1F. The van der Waals surface area contributed by atoms with Crippen molar-refractivity contribution >= 4 is 17.2 Å². The van der Waals surface area contributed by atoms with Crippen molar-refractivity contribution in [2.24, 2.45) is 0 Å². The summed E-state index contributed by atoms with van der Waals surface area (Å²) in [5.74, 6) is 0.593. The zero-order chi connectivity index (χ0) is 12.3. The summed E-state index contributed by atoms with van der Waals surface area (Å²) in [6, 6.07) is 4.02. The predicted octanol–water partition coefficient (Wildman–Crippen LogP) is 3.01. The van der Waals surface area contributed by atoms with Crippen LogP contribution in [-0.2, 0) is 6.42 Å². The molecule has 5 heteroatoms. The summed E-state index contributed by atoms with van der Waals surface area (Å²) < 4.78 is 13.7. The molecule has 0 saturated heterocycles. The Morgan fingerprint density at radius 3 is 2.88 bits per heavy atom. The van der Waals surface area contributed by atoms with Gasteiger partial charge in [-0.25, -0.2) is 14.4 Å². The normalized spacial score (nSPS) is 10.5. The van der Waals surface area contributed by atoms with Crippen molar-refractivity contribution in [3.8, 4) is 0 Å². The molecule has 90 valence electrons. The van der Waals surface area contributed by atoms with Crippen molar-refractivity contribution in [3.05, 3.63) is 39.7 Å². The van der Waals surface area contributed by atoms with Gasteiger partial charge in [0.15, 0.2) is 11.6 Å². The lowest BCUT2D eigenvalue weighted by Crippen LogP contribution is -2.08. The molecule has 17 heavy (non-hydrogen) atoms.